The number of ether oxygens (including phenoxy) is 1. The second-order valence-corrected chi connectivity index (χ2v) is 7.78. The summed E-state index contributed by atoms with van der Waals surface area (Å²) >= 11 is 0. The van der Waals surface area contributed by atoms with E-state index in [-0.39, 0.29) is 40.5 Å². The average molecular weight is 350 g/mol. The van der Waals surface area contributed by atoms with Crippen molar-refractivity contribution in [2.24, 2.45) is 0 Å². The Balaban J connectivity index is 0.00000312. The summed E-state index contributed by atoms with van der Waals surface area (Å²) in [5.74, 6) is 0.880. The van der Waals surface area contributed by atoms with E-state index in [1.807, 2.05) is 39.0 Å². The van der Waals surface area contributed by atoms with Gasteiger partial charge in [-0.15, -0.1) is 0 Å². The van der Waals surface area contributed by atoms with Gasteiger partial charge in [-0.1, -0.05) is 30.7 Å². The third-order valence-corrected chi connectivity index (χ3v) is 5.57. The van der Waals surface area contributed by atoms with Crippen LogP contribution < -0.4 is 28.9 Å². The SMILES string of the molecule is CCC(C)Oc1ccc(PC(=O)c2c(C)cc(C)cc2C)c(C)c1.[H-].[Li+]. The molecule has 2 rings (SSSR count). The fourth-order valence-corrected chi connectivity index (χ4v) is 4.09. The molecular formula is C21H28LiO2P. The minimum Gasteiger partial charge on any atom is -1.00 e. The number of hydrogen-bond acceptors (Lipinski definition) is 2. The Morgan fingerprint density at radius 2 is 1.68 bits per heavy atom. The zero-order valence-corrected chi connectivity index (χ0v) is 17.5. The number of carbonyl (C=O) groups excluding carboxylic acids is 1. The van der Waals surface area contributed by atoms with Gasteiger partial charge in [0.25, 0.3) is 0 Å². The Labute approximate surface area is 167 Å². The molecule has 2 atom stereocenters. The van der Waals surface area contributed by atoms with Crippen molar-refractivity contribution in [1.29, 1.82) is 0 Å². The Bertz CT molecular complexity index is 739. The molecule has 0 aromatic heterocycles. The van der Waals surface area contributed by atoms with E-state index in [1.54, 1.807) is 0 Å². The van der Waals surface area contributed by atoms with Crippen molar-refractivity contribution in [3.63, 3.8) is 0 Å². The van der Waals surface area contributed by atoms with E-state index >= 15 is 0 Å². The van der Waals surface area contributed by atoms with Crippen LogP contribution in [-0.2, 0) is 0 Å². The van der Waals surface area contributed by atoms with E-state index in [0.717, 1.165) is 39.7 Å². The summed E-state index contributed by atoms with van der Waals surface area (Å²) in [6, 6.07) is 10.2. The second-order valence-electron chi connectivity index (χ2n) is 6.54. The van der Waals surface area contributed by atoms with Gasteiger partial charge in [-0.05, 0) is 83.7 Å². The first kappa shape index (κ1) is 22.0. The summed E-state index contributed by atoms with van der Waals surface area (Å²) in [4.78, 5) is 12.8. The smallest absolute Gasteiger partial charge is 1.00 e. The molecule has 0 bridgehead atoms. The summed E-state index contributed by atoms with van der Waals surface area (Å²) in [5, 5.41) is 1.09. The first-order valence-corrected chi connectivity index (χ1v) is 9.48. The van der Waals surface area contributed by atoms with Crippen molar-refractivity contribution in [2.75, 3.05) is 0 Å². The number of benzene rings is 2. The van der Waals surface area contributed by atoms with Gasteiger partial charge in [0.2, 0.25) is 0 Å². The van der Waals surface area contributed by atoms with Gasteiger partial charge < -0.3 is 6.16 Å². The molecule has 130 valence electrons. The molecular weight excluding hydrogens is 322 g/mol. The van der Waals surface area contributed by atoms with Crippen LogP contribution in [0.5, 0.6) is 5.75 Å². The molecule has 25 heavy (non-hydrogen) atoms. The Morgan fingerprint density at radius 3 is 2.20 bits per heavy atom. The number of carbonyl (C=O) groups is 1. The van der Waals surface area contributed by atoms with Gasteiger partial charge in [0.05, 0.1) is 6.10 Å². The predicted molar refractivity (Wildman–Crippen MR) is 106 cm³/mol. The van der Waals surface area contributed by atoms with E-state index in [1.165, 1.54) is 5.56 Å². The first-order valence-electron chi connectivity index (χ1n) is 8.48. The first-order chi connectivity index (χ1) is 11.3. The van der Waals surface area contributed by atoms with Gasteiger partial charge >= 0.3 is 18.9 Å². The van der Waals surface area contributed by atoms with Crippen LogP contribution in [0, 0.1) is 27.7 Å². The number of hydrogen-bond donors (Lipinski definition) is 0. The maximum atomic E-state index is 12.8. The minimum absolute atomic E-state index is 0. The van der Waals surface area contributed by atoms with Crippen LogP contribution in [0.15, 0.2) is 30.3 Å². The molecule has 0 heterocycles. The standard InChI is InChI=1S/C21H27O2P.Li.H/c1-7-17(6)23-18-8-9-19(14(3)12-18)24-21(22)20-15(4)10-13(2)11-16(20)5;;/h8-12,17,24H,7H2,1-6H3;;/q;+1;-1. The fourth-order valence-electron chi connectivity index (χ4n) is 2.89. The Kier molecular flexibility index (Phi) is 8.43. The van der Waals surface area contributed by atoms with E-state index < -0.39 is 0 Å². The van der Waals surface area contributed by atoms with Gasteiger partial charge in [-0.3, -0.25) is 4.79 Å². The molecule has 0 aliphatic rings. The van der Waals surface area contributed by atoms with Gasteiger partial charge in [-0.2, -0.15) is 0 Å². The maximum absolute atomic E-state index is 12.8. The topological polar surface area (TPSA) is 26.3 Å². The van der Waals surface area contributed by atoms with Gasteiger partial charge in [0.15, 0.2) is 5.52 Å². The Hall–Kier alpha value is -1.06. The van der Waals surface area contributed by atoms with Crippen LogP contribution in [0.4, 0.5) is 0 Å². The molecule has 0 saturated heterocycles. The zero-order chi connectivity index (χ0) is 17.9. The molecule has 2 nitrogen and oxygen atoms in total. The molecule has 0 saturated carbocycles. The molecule has 2 aromatic carbocycles. The van der Waals surface area contributed by atoms with E-state index in [0.29, 0.717) is 0 Å². The van der Waals surface area contributed by atoms with Gasteiger partial charge in [0.1, 0.15) is 5.75 Å². The van der Waals surface area contributed by atoms with Gasteiger partial charge in [-0.25, -0.2) is 0 Å². The number of rotatable bonds is 6. The predicted octanol–water partition coefficient (Wildman–Crippen LogP) is 2.36. The van der Waals surface area contributed by atoms with Crippen molar-refractivity contribution in [2.45, 2.75) is 54.1 Å². The summed E-state index contributed by atoms with van der Waals surface area (Å²) < 4.78 is 5.86. The molecule has 0 spiro atoms. The summed E-state index contributed by atoms with van der Waals surface area (Å²) in [6.45, 7) is 12.3. The molecule has 0 N–H and O–H groups in total. The van der Waals surface area contributed by atoms with Crippen molar-refractivity contribution in [3.05, 3.63) is 58.1 Å². The normalized spacial score (nSPS) is 12.1. The van der Waals surface area contributed by atoms with Crippen molar-refractivity contribution in [3.8, 4) is 5.75 Å². The van der Waals surface area contributed by atoms with E-state index in [4.69, 9.17) is 4.74 Å². The molecule has 0 aliphatic heterocycles. The van der Waals surface area contributed by atoms with Crippen LogP contribution in [0.25, 0.3) is 0 Å². The summed E-state index contributed by atoms with van der Waals surface area (Å²) in [6.07, 6.45) is 1.18. The van der Waals surface area contributed by atoms with Crippen molar-refractivity contribution < 1.29 is 29.8 Å². The van der Waals surface area contributed by atoms with Crippen LogP contribution >= 0.6 is 8.58 Å². The maximum Gasteiger partial charge on any atom is 1.00 e. The largest absolute Gasteiger partial charge is 1.00 e. The fraction of sp³-hybridized carbons (Fsp3) is 0.381. The monoisotopic (exact) mass is 350 g/mol. The van der Waals surface area contributed by atoms with Gasteiger partial charge in [0, 0.05) is 5.56 Å². The van der Waals surface area contributed by atoms with E-state index in [9.17, 15) is 4.79 Å². The molecule has 0 radical (unpaired) electrons. The molecule has 2 unspecified atom stereocenters. The average Bonchev–Trinajstić information content (AvgIpc) is 2.48. The summed E-state index contributed by atoms with van der Waals surface area (Å²) in [5.41, 5.74) is 5.54. The van der Waals surface area contributed by atoms with Crippen LogP contribution in [-0.4, -0.2) is 11.6 Å². The third kappa shape index (κ3) is 5.72. The Morgan fingerprint density at radius 1 is 1.08 bits per heavy atom. The van der Waals surface area contributed by atoms with Crippen LogP contribution in [0.1, 0.15) is 54.3 Å². The van der Waals surface area contributed by atoms with Crippen molar-refractivity contribution >= 4 is 19.4 Å². The third-order valence-electron chi connectivity index (χ3n) is 4.26. The second kappa shape index (κ2) is 9.58. The zero-order valence-electron chi connectivity index (χ0n) is 17.5. The quantitative estimate of drug-likeness (QED) is 0.591. The van der Waals surface area contributed by atoms with Crippen molar-refractivity contribution in [1.82, 2.24) is 0 Å². The molecule has 2 aromatic rings. The van der Waals surface area contributed by atoms with E-state index in [2.05, 4.69) is 32.9 Å². The summed E-state index contributed by atoms with van der Waals surface area (Å²) in [7, 11) is 0.142. The molecule has 0 amide bonds. The number of aryl methyl sites for hydroxylation is 4. The molecule has 4 heteroatoms. The van der Waals surface area contributed by atoms with Crippen LogP contribution in [0.2, 0.25) is 0 Å². The minimum atomic E-state index is 0. The van der Waals surface area contributed by atoms with Crippen LogP contribution in [0.3, 0.4) is 0 Å². The molecule has 0 aliphatic carbocycles. The molecule has 0 fully saturated rings.